The van der Waals surface area contributed by atoms with Crippen LogP contribution in [-0.2, 0) is 26.2 Å². The summed E-state index contributed by atoms with van der Waals surface area (Å²) in [6.07, 6.45) is 2.58. The quantitative estimate of drug-likeness (QED) is 0.306. The van der Waals surface area contributed by atoms with Crippen LogP contribution < -0.4 is 10.3 Å². The van der Waals surface area contributed by atoms with Gasteiger partial charge in [0.2, 0.25) is 0 Å². The zero-order valence-electron chi connectivity index (χ0n) is 19.9. The third-order valence-corrected chi connectivity index (χ3v) is 6.49. The van der Waals surface area contributed by atoms with E-state index in [1.165, 1.54) is 6.07 Å². The van der Waals surface area contributed by atoms with Crippen molar-refractivity contribution in [1.29, 1.82) is 0 Å². The number of ether oxygens (including phenoxy) is 1. The summed E-state index contributed by atoms with van der Waals surface area (Å²) in [6.45, 7) is 2.33. The Morgan fingerprint density at radius 2 is 1.78 bits per heavy atom. The van der Waals surface area contributed by atoms with E-state index in [1.807, 2.05) is 12.1 Å². The second-order valence-corrected chi connectivity index (χ2v) is 8.89. The first kappa shape index (κ1) is 25.4. The highest BCUT2D eigenvalue weighted by molar-refractivity contribution is 6.34. The summed E-state index contributed by atoms with van der Waals surface area (Å²) in [5, 5.41) is 19.6. The molecule has 1 aromatic heterocycles. The first-order valence-electron chi connectivity index (χ1n) is 11.8. The van der Waals surface area contributed by atoms with E-state index in [0.717, 1.165) is 24.2 Å². The molecule has 3 aromatic carbocycles. The Kier molecular flexibility index (Phi) is 8.03. The summed E-state index contributed by atoms with van der Waals surface area (Å²) in [4.78, 5) is 29.5. The number of carboxylic acid groups (broad SMARTS) is 1. The van der Waals surface area contributed by atoms with Crippen molar-refractivity contribution in [2.24, 2.45) is 0 Å². The van der Waals surface area contributed by atoms with E-state index >= 15 is 0 Å². The number of aliphatic hydroxyl groups is 1. The monoisotopic (exact) mass is 506 g/mol. The largest absolute Gasteiger partial charge is 0.489 e. The van der Waals surface area contributed by atoms with Gasteiger partial charge in [0.05, 0.1) is 34.6 Å². The van der Waals surface area contributed by atoms with Gasteiger partial charge >= 0.3 is 5.97 Å². The van der Waals surface area contributed by atoms with Crippen LogP contribution in [0.5, 0.6) is 5.75 Å². The predicted molar refractivity (Wildman–Crippen MR) is 139 cm³/mol. The minimum absolute atomic E-state index is 0.0331. The van der Waals surface area contributed by atoms with Gasteiger partial charge in [0.1, 0.15) is 18.2 Å². The minimum Gasteiger partial charge on any atom is -0.489 e. The third kappa shape index (κ3) is 5.42. The number of unbranched alkanes of at least 4 members (excludes halogenated alkanes) is 1. The number of fused-ring (bicyclic) bond motifs is 1. The summed E-state index contributed by atoms with van der Waals surface area (Å²) in [7, 11) is 0. The molecule has 4 aromatic rings. The number of hydrogen-bond donors (Lipinski definition) is 2. The molecule has 0 bridgehead atoms. The Morgan fingerprint density at radius 1 is 1.06 bits per heavy atom. The number of benzene rings is 3. The molecule has 7 nitrogen and oxygen atoms in total. The molecule has 0 unspecified atom stereocenters. The van der Waals surface area contributed by atoms with Crippen molar-refractivity contribution in [2.45, 2.75) is 45.9 Å². The number of aromatic carboxylic acids is 1. The maximum Gasteiger partial charge on any atom is 0.337 e. The van der Waals surface area contributed by atoms with Crippen molar-refractivity contribution >= 4 is 28.5 Å². The number of carboxylic acids is 1. The molecule has 2 N–H and O–H groups in total. The molecule has 0 aliphatic heterocycles. The summed E-state index contributed by atoms with van der Waals surface area (Å²) in [5.41, 5.74) is 2.51. The number of halogens is 1. The highest BCUT2D eigenvalue weighted by Gasteiger charge is 2.15. The molecule has 0 atom stereocenters. The maximum atomic E-state index is 13.5. The van der Waals surface area contributed by atoms with Crippen molar-refractivity contribution in [2.75, 3.05) is 0 Å². The molecule has 8 heteroatoms. The van der Waals surface area contributed by atoms with E-state index in [-0.39, 0.29) is 29.4 Å². The van der Waals surface area contributed by atoms with E-state index in [2.05, 4.69) is 6.92 Å². The average molecular weight is 507 g/mol. The van der Waals surface area contributed by atoms with Crippen LogP contribution in [0.1, 0.15) is 52.6 Å². The van der Waals surface area contributed by atoms with Crippen LogP contribution in [0.3, 0.4) is 0 Å². The van der Waals surface area contributed by atoms with Crippen LogP contribution in [-0.4, -0.2) is 25.7 Å². The van der Waals surface area contributed by atoms with Gasteiger partial charge in [0.15, 0.2) is 0 Å². The summed E-state index contributed by atoms with van der Waals surface area (Å²) in [5.74, 6) is 0.222. The standard InChI is InChI=1S/C28H27ClN2O5/c1-2-3-10-24-30-23-9-5-6-19(16-32)25(23)27(33)31(24)15-18-11-13-21(14-12-18)36-17-20-7-4-8-22(26(20)29)28(34)35/h4-9,11-14,32H,2-3,10,15-17H2,1H3,(H,34,35). The molecule has 0 saturated heterocycles. The fourth-order valence-electron chi connectivity index (χ4n) is 4.09. The average Bonchev–Trinajstić information content (AvgIpc) is 2.88. The first-order valence-corrected chi connectivity index (χ1v) is 12.1. The van der Waals surface area contributed by atoms with Crippen molar-refractivity contribution in [1.82, 2.24) is 9.55 Å². The zero-order chi connectivity index (χ0) is 25.7. The van der Waals surface area contributed by atoms with Crippen molar-refractivity contribution < 1.29 is 19.7 Å². The molecule has 0 saturated carbocycles. The van der Waals surface area contributed by atoms with Gasteiger partial charge in [-0.2, -0.15) is 0 Å². The fraction of sp³-hybridized carbons (Fsp3) is 0.250. The molecule has 0 aliphatic rings. The summed E-state index contributed by atoms with van der Waals surface area (Å²) in [6, 6.07) is 17.5. The Bertz CT molecular complexity index is 1450. The molecular formula is C28H27ClN2O5. The van der Waals surface area contributed by atoms with Gasteiger partial charge in [0, 0.05) is 12.0 Å². The fourth-order valence-corrected chi connectivity index (χ4v) is 4.35. The topological polar surface area (TPSA) is 102 Å². The second-order valence-electron chi connectivity index (χ2n) is 8.51. The van der Waals surface area contributed by atoms with Crippen molar-refractivity contribution in [3.63, 3.8) is 0 Å². The number of aryl methyl sites for hydroxylation is 1. The van der Waals surface area contributed by atoms with Gasteiger partial charge in [-0.05, 0) is 41.8 Å². The van der Waals surface area contributed by atoms with Crippen LogP contribution in [0.25, 0.3) is 10.9 Å². The molecule has 0 radical (unpaired) electrons. The third-order valence-electron chi connectivity index (χ3n) is 6.04. The molecule has 1 heterocycles. The zero-order valence-corrected chi connectivity index (χ0v) is 20.7. The lowest BCUT2D eigenvalue weighted by Crippen LogP contribution is -2.27. The van der Waals surface area contributed by atoms with Gasteiger partial charge < -0.3 is 14.9 Å². The van der Waals surface area contributed by atoms with Crippen molar-refractivity contribution in [3.05, 3.63) is 104 Å². The van der Waals surface area contributed by atoms with Crippen molar-refractivity contribution in [3.8, 4) is 5.75 Å². The Labute approximate surface area is 213 Å². The SMILES string of the molecule is CCCCc1nc2cccc(CO)c2c(=O)n1Cc1ccc(OCc2cccc(C(=O)O)c2Cl)cc1. The lowest BCUT2D eigenvalue weighted by atomic mass is 10.1. The van der Waals surface area contributed by atoms with Gasteiger partial charge in [-0.3, -0.25) is 9.36 Å². The number of aliphatic hydroxyl groups excluding tert-OH is 1. The molecule has 4 rings (SSSR count). The molecule has 0 aliphatic carbocycles. The first-order chi connectivity index (χ1) is 17.4. The Balaban J connectivity index is 1.57. The predicted octanol–water partition coefficient (Wildman–Crippen LogP) is 5.21. The highest BCUT2D eigenvalue weighted by atomic mass is 35.5. The molecule has 0 amide bonds. The second kappa shape index (κ2) is 11.4. The maximum absolute atomic E-state index is 13.5. The number of hydrogen-bond acceptors (Lipinski definition) is 5. The Morgan fingerprint density at radius 3 is 2.47 bits per heavy atom. The molecule has 36 heavy (non-hydrogen) atoms. The Hall–Kier alpha value is -3.68. The molecule has 0 fully saturated rings. The van der Waals surface area contributed by atoms with Gasteiger partial charge in [-0.15, -0.1) is 0 Å². The van der Waals surface area contributed by atoms with Crippen LogP contribution in [0.15, 0.2) is 65.5 Å². The van der Waals surface area contributed by atoms with Gasteiger partial charge in [-0.25, -0.2) is 9.78 Å². The van der Waals surface area contributed by atoms with E-state index in [1.54, 1.807) is 47.0 Å². The number of aromatic nitrogens is 2. The number of nitrogens with zero attached hydrogens (tertiary/aromatic N) is 2. The van der Waals surface area contributed by atoms with Gasteiger partial charge in [-0.1, -0.05) is 61.3 Å². The highest BCUT2D eigenvalue weighted by Crippen LogP contribution is 2.24. The summed E-state index contributed by atoms with van der Waals surface area (Å²) < 4.78 is 7.50. The van der Waals surface area contributed by atoms with Crippen LogP contribution >= 0.6 is 11.6 Å². The van der Waals surface area contributed by atoms with Gasteiger partial charge in [0.25, 0.3) is 5.56 Å². The molecule has 0 spiro atoms. The van der Waals surface area contributed by atoms with E-state index in [4.69, 9.17) is 21.3 Å². The smallest absolute Gasteiger partial charge is 0.337 e. The van der Waals surface area contributed by atoms with Crippen LogP contribution in [0.2, 0.25) is 5.02 Å². The number of rotatable bonds is 10. The lowest BCUT2D eigenvalue weighted by Gasteiger charge is -2.15. The molecule has 186 valence electrons. The summed E-state index contributed by atoms with van der Waals surface area (Å²) >= 11 is 6.20. The minimum atomic E-state index is -1.09. The van der Waals surface area contributed by atoms with Crippen LogP contribution in [0, 0.1) is 0 Å². The normalized spacial score (nSPS) is 11.1. The van der Waals surface area contributed by atoms with E-state index < -0.39 is 5.97 Å². The molecular weight excluding hydrogens is 480 g/mol. The van der Waals surface area contributed by atoms with E-state index in [9.17, 15) is 19.8 Å². The van der Waals surface area contributed by atoms with Crippen LogP contribution in [0.4, 0.5) is 0 Å². The van der Waals surface area contributed by atoms with E-state index in [0.29, 0.717) is 40.7 Å². The number of carbonyl (C=O) groups is 1. The lowest BCUT2D eigenvalue weighted by molar-refractivity contribution is 0.0697.